The van der Waals surface area contributed by atoms with Gasteiger partial charge in [0.25, 0.3) is 0 Å². The van der Waals surface area contributed by atoms with Gasteiger partial charge >= 0.3 is 0 Å². The fraction of sp³-hybridized carbons (Fsp3) is 0.312. The molecule has 1 fully saturated rings. The topological polar surface area (TPSA) is 34.1 Å². The van der Waals surface area contributed by atoms with Crippen LogP contribution in [-0.4, -0.2) is 11.0 Å². The molecule has 1 aliphatic carbocycles. The summed E-state index contributed by atoms with van der Waals surface area (Å²) in [6.07, 6.45) is 5.95. The molecule has 0 amide bonds. The molecule has 2 aromatic rings. The zero-order valence-electron chi connectivity index (χ0n) is 11.4. The van der Waals surface area contributed by atoms with Crippen molar-refractivity contribution in [3.8, 4) is 11.5 Å². The van der Waals surface area contributed by atoms with Gasteiger partial charge in [-0.25, -0.2) is 4.39 Å². The predicted molar refractivity (Wildman–Crippen MR) is 75.3 cm³/mol. The highest BCUT2D eigenvalue weighted by Gasteiger charge is 2.20. The molecule has 20 heavy (non-hydrogen) atoms. The van der Waals surface area contributed by atoms with Crippen LogP contribution in [0.4, 0.5) is 4.39 Å². The molecule has 1 heterocycles. The standard InChI is InChI=1S/C16H17FN2O/c1-11-8-14(4-5-15(11)17)20-16-10-18-7-6-12(16)9-19-13-2-3-13/h4-8,10,13,19H,2-3,9H2,1H3. The number of hydrogen-bond donors (Lipinski definition) is 1. The van der Waals surface area contributed by atoms with Gasteiger partial charge in [-0.05, 0) is 49.6 Å². The Hall–Kier alpha value is -1.94. The molecule has 1 aliphatic rings. The second-order valence-corrected chi connectivity index (χ2v) is 5.15. The smallest absolute Gasteiger partial charge is 0.150 e. The first-order valence-electron chi connectivity index (χ1n) is 6.82. The van der Waals surface area contributed by atoms with Crippen LogP contribution in [0.2, 0.25) is 0 Å². The Balaban J connectivity index is 1.76. The number of halogens is 1. The number of aryl methyl sites for hydroxylation is 1. The van der Waals surface area contributed by atoms with E-state index in [1.807, 2.05) is 6.07 Å². The largest absolute Gasteiger partial charge is 0.455 e. The van der Waals surface area contributed by atoms with E-state index < -0.39 is 0 Å². The van der Waals surface area contributed by atoms with Crippen LogP contribution in [0.15, 0.2) is 36.7 Å². The van der Waals surface area contributed by atoms with Gasteiger partial charge in [0.1, 0.15) is 17.3 Å². The maximum atomic E-state index is 13.3. The van der Waals surface area contributed by atoms with E-state index in [1.54, 1.807) is 31.5 Å². The van der Waals surface area contributed by atoms with Gasteiger partial charge in [-0.3, -0.25) is 4.98 Å². The van der Waals surface area contributed by atoms with E-state index in [9.17, 15) is 4.39 Å². The van der Waals surface area contributed by atoms with Crippen LogP contribution < -0.4 is 10.1 Å². The molecule has 0 aliphatic heterocycles. The van der Waals surface area contributed by atoms with Crippen LogP contribution in [0.5, 0.6) is 11.5 Å². The van der Waals surface area contributed by atoms with Gasteiger partial charge in [-0.15, -0.1) is 0 Å². The lowest BCUT2D eigenvalue weighted by Gasteiger charge is -2.11. The zero-order valence-corrected chi connectivity index (χ0v) is 11.4. The molecule has 104 valence electrons. The highest BCUT2D eigenvalue weighted by atomic mass is 19.1. The average Bonchev–Trinajstić information content (AvgIpc) is 3.26. The lowest BCUT2D eigenvalue weighted by atomic mass is 10.2. The number of ether oxygens (including phenoxy) is 1. The van der Waals surface area contributed by atoms with Gasteiger partial charge < -0.3 is 10.1 Å². The highest BCUT2D eigenvalue weighted by molar-refractivity contribution is 5.37. The fourth-order valence-electron chi connectivity index (χ4n) is 2.00. The average molecular weight is 272 g/mol. The van der Waals surface area contributed by atoms with Gasteiger partial charge in [-0.1, -0.05) is 0 Å². The van der Waals surface area contributed by atoms with E-state index >= 15 is 0 Å². The lowest BCUT2D eigenvalue weighted by Crippen LogP contribution is -2.15. The summed E-state index contributed by atoms with van der Waals surface area (Å²) >= 11 is 0. The second kappa shape index (κ2) is 5.59. The fourth-order valence-corrected chi connectivity index (χ4v) is 2.00. The van der Waals surface area contributed by atoms with Gasteiger partial charge in [0.15, 0.2) is 0 Å². The molecule has 0 atom stereocenters. The molecular formula is C16H17FN2O. The normalized spacial score (nSPS) is 14.3. The summed E-state index contributed by atoms with van der Waals surface area (Å²) in [5, 5.41) is 3.45. The Morgan fingerprint density at radius 1 is 1.35 bits per heavy atom. The quantitative estimate of drug-likeness (QED) is 0.903. The maximum absolute atomic E-state index is 13.3. The molecule has 0 saturated heterocycles. The predicted octanol–water partition coefficient (Wildman–Crippen LogP) is 3.57. The van der Waals surface area contributed by atoms with Crippen molar-refractivity contribution in [1.82, 2.24) is 10.3 Å². The van der Waals surface area contributed by atoms with E-state index in [-0.39, 0.29) is 5.82 Å². The number of nitrogens with one attached hydrogen (secondary N) is 1. The number of aromatic nitrogens is 1. The van der Waals surface area contributed by atoms with Crippen LogP contribution in [0.25, 0.3) is 0 Å². The number of benzene rings is 1. The van der Waals surface area contributed by atoms with Crippen LogP contribution in [-0.2, 0) is 6.54 Å². The summed E-state index contributed by atoms with van der Waals surface area (Å²) in [5.74, 6) is 1.12. The lowest BCUT2D eigenvalue weighted by molar-refractivity contribution is 0.467. The van der Waals surface area contributed by atoms with Crippen molar-refractivity contribution >= 4 is 0 Å². The van der Waals surface area contributed by atoms with E-state index in [4.69, 9.17) is 4.74 Å². The Morgan fingerprint density at radius 3 is 2.95 bits per heavy atom. The van der Waals surface area contributed by atoms with Gasteiger partial charge in [-0.2, -0.15) is 0 Å². The van der Waals surface area contributed by atoms with Crippen molar-refractivity contribution in [1.29, 1.82) is 0 Å². The third-order valence-electron chi connectivity index (χ3n) is 3.39. The van der Waals surface area contributed by atoms with Gasteiger partial charge in [0.05, 0.1) is 6.20 Å². The molecule has 0 radical (unpaired) electrons. The van der Waals surface area contributed by atoms with Crippen molar-refractivity contribution in [2.24, 2.45) is 0 Å². The molecular weight excluding hydrogens is 255 g/mol. The molecule has 0 unspecified atom stereocenters. The summed E-state index contributed by atoms with van der Waals surface area (Å²) in [6, 6.07) is 7.34. The highest BCUT2D eigenvalue weighted by Crippen LogP contribution is 2.27. The molecule has 1 aromatic carbocycles. The van der Waals surface area contributed by atoms with Crippen molar-refractivity contribution in [2.45, 2.75) is 32.4 Å². The van der Waals surface area contributed by atoms with Gasteiger partial charge in [0, 0.05) is 24.3 Å². The van der Waals surface area contributed by atoms with Crippen molar-refractivity contribution in [3.05, 3.63) is 53.6 Å². The van der Waals surface area contributed by atoms with E-state index in [2.05, 4.69) is 10.3 Å². The zero-order chi connectivity index (χ0) is 13.9. The van der Waals surface area contributed by atoms with Crippen LogP contribution in [0, 0.1) is 12.7 Å². The van der Waals surface area contributed by atoms with Gasteiger partial charge in [0.2, 0.25) is 0 Å². The molecule has 4 heteroatoms. The number of rotatable bonds is 5. The summed E-state index contributed by atoms with van der Waals surface area (Å²) in [7, 11) is 0. The maximum Gasteiger partial charge on any atom is 0.150 e. The van der Waals surface area contributed by atoms with E-state index in [0.29, 0.717) is 23.1 Å². The monoisotopic (exact) mass is 272 g/mol. The van der Waals surface area contributed by atoms with E-state index in [1.165, 1.54) is 18.9 Å². The Morgan fingerprint density at radius 2 is 2.20 bits per heavy atom. The third-order valence-corrected chi connectivity index (χ3v) is 3.39. The number of pyridine rings is 1. The van der Waals surface area contributed by atoms with Crippen LogP contribution >= 0.6 is 0 Å². The summed E-state index contributed by atoms with van der Waals surface area (Å²) in [5.41, 5.74) is 1.64. The molecule has 1 aromatic heterocycles. The number of nitrogens with zero attached hydrogens (tertiary/aromatic N) is 1. The minimum atomic E-state index is -0.223. The van der Waals surface area contributed by atoms with Crippen molar-refractivity contribution in [3.63, 3.8) is 0 Å². The first-order valence-corrected chi connectivity index (χ1v) is 6.82. The Kier molecular flexibility index (Phi) is 3.65. The minimum absolute atomic E-state index is 0.223. The third kappa shape index (κ3) is 3.14. The van der Waals surface area contributed by atoms with Crippen molar-refractivity contribution < 1.29 is 9.13 Å². The van der Waals surface area contributed by atoms with Crippen molar-refractivity contribution in [2.75, 3.05) is 0 Å². The second-order valence-electron chi connectivity index (χ2n) is 5.15. The Labute approximate surface area is 117 Å². The summed E-state index contributed by atoms with van der Waals surface area (Å²) in [4.78, 5) is 4.10. The molecule has 0 bridgehead atoms. The first kappa shape index (κ1) is 13.1. The first-order chi connectivity index (χ1) is 9.72. The molecule has 0 spiro atoms. The summed E-state index contributed by atoms with van der Waals surface area (Å²) in [6.45, 7) is 2.49. The minimum Gasteiger partial charge on any atom is -0.455 e. The molecule has 1 N–H and O–H groups in total. The Bertz CT molecular complexity index is 611. The van der Waals surface area contributed by atoms with Crippen LogP contribution in [0.3, 0.4) is 0 Å². The molecule has 3 nitrogen and oxygen atoms in total. The molecule has 1 saturated carbocycles. The van der Waals surface area contributed by atoms with Crippen LogP contribution in [0.1, 0.15) is 24.0 Å². The summed E-state index contributed by atoms with van der Waals surface area (Å²) < 4.78 is 19.1. The van der Waals surface area contributed by atoms with E-state index in [0.717, 1.165) is 12.1 Å². The SMILES string of the molecule is Cc1cc(Oc2cnccc2CNC2CC2)ccc1F. The number of hydrogen-bond acceptors (Lipinski definition) is 3. The molecule has 3 rings (SSSR count).